The molecular formula is C9H14O3S. The summed E-state index contributed by atoms with van der Waals surface area (Å²) in [5.74, 6) is -0.355. The van der Waals surface area contributed by atoms with Gasteiger partial charge in [0.2, 0.25) is 0 Å². The first kappa shape index (κ1) is 10.6. The van der Waals surface area contributed by atoms with E-state index in [1.165, 1.54) is 11.8 Å². The van der Waals surface area contributed by atoms with Crippen molar-refractivity contribution in [3.63, 3.8) is 0 Å². The fourth-order valence-corrected chi connectivity index (χ4v) is 2.43. The van der Waals surface area contributed by atoms with Crippen molar-refractivity contribution in [2.75, 3.05) is 12.4 Å². The first-order valence-corrected chi connectivity index (χ1v) is 5.32. The van der Waals surface area contributed by atoms with Gasteiger partial charge in [0.25, 0.3) is 0 Å². The molecule has 3 nitrogen and oxygen atoms in total. The summed E-state index contributed by atoms with van der Waals surface area (Å²) in [7, 11) is 0. The largest absolute Gasteiger partial charge is 0.465 e. The third-order valence-corrected chi connectivity index (χ3v) is 3.51. The zero-order valence-electron chi connectivity index (χ0n) is 8.12. The number of esters is 1. The molecule has 13 heavy (non-hydrogen) atoms. The van der Waals surface area contributed by atoms with Crippen LogP contribution in [0.5, 0.6) is 0 Å². The lowest BCUT2D eigenvalue weighted by atomic mass is 9.97. The summed E-state index contributed by atoms with van der Waals surface area (Å²) in [5, 5.41) is 0. The van der Waals surface area contributed by atoms with Crippen LogP contribution in [0.15, 0.2) is 0 Å². The Hall–Kier alpha value is -0.510. The normalized spacial score (nSPS) is 26.1. The summed E-state index contributed by atoms with van der Waals surface area (Å²) < 4.78 is 4.40. The average molecular weight is 202 g/mol. The van der Waals surface area contributed by atoms with Crippen LogP contribution in [0.25, 0.3) is 0 Å². The van der Waals surface area contributed by atoms with Gasteiger partial charge in [0.05, 0.1) is 11.4 Å². The van der Waals surface area contributed by atoms with Gasteiger partial charge in [-0.3, -0.25) is 9.59 Å². The first-order valence-electron chi connectivity index (χ1n) is 4.34. The topological polar surface area (TPSA) is 43.4 Å². The fourth-order valence-electron chi connectivity index (χ4n) is 1.28. The van der Waals surface area contributed by atoms with Gasteiger partial charge >= 0.3 is 5.97 Å². The van der Waals surface area contributed by atoms with Crippen molar-refractivity contribution < 1.29 is 14.3 Å². The molecule has 1 atom stereocenters. The van der Waals surface area contributed by atoms with Crippen LogP contribution in [-0.4, -0.2) is 28.9 Å². The van der Waals surface area contributed by atoms with Crippen molar-refractivity contribution in [1.29, 1.82) is 0 Å². The van der Waals surface area contributed by atoms with Crippen LogP contribution >= 0.6 is 11.8 Å². The van der Waals surface area contributed by atoms with Gasteiger partial charge in [-0.2, -0.15) is 0 Å². The molecule has 0 aromatic carbocycles. The molecule has 0 saturated carbocycles. The molecule has 1 heterocycles. The number of hydrogen-bond donors (Lipinski definition) is 0. The van der Waals surface area contributed by atoms with Crippen LogP contribution in [0.3, 0.4) is 0 Å². The minimum absolute atomic E-state index is 0.00375. The van der Waals surface area contributed by atoms with E-state index in [4.69, 9.17) is 4.74 Å². The molecule has 0 aromatic heterocycles. The van der Waals surface area contributed by atoms with Crippen LogP contribution in [-0.2, 0) is 14.3 Å². The number of ketones is 1. The average Bonchev–Trinajstić information content (AvgIpc) is 2.28. The quantitative estimate of drug-likeness (QED) is 0.499. The molecular weight excluding hydrogens is 188 g/mol. The van der Waals surface area contributed by atoms with E-state index in [0.29, 0.717) is 12.4 Å². The number of Topliss-reactive ketones (excluding diaryl/α,β-unsaturated/α-hetero) is 1. The van der Waals surface area contributed by atoms with Crippen LogP contribution in [0.4, 0.5) is 0 Å². The van der Waals surface area contributed by atoms with Crippen molar-refractivity contribution >= 4 is 23.5 Å². The van der Waals surface area contributed by atoms with Crippen molar-refractivity contribution in [3.8, 4) is 0 Å². The Labute approximate surface area is 82.2 Å². The number of thioether (sulfide) groups is 1. The molecule has 1 aliphatic rings. The van der Waals surface area contributed by atoms with Crippen molar-refractivity contribution in [2.45, 2.75) is 25.5 Å². The van der Waals surface area contributed by atoms with E-state index in [9.17, 15) is 9.59 Å². The van der Waals surface area contributed by atoms with E-state index in [1.807, 2.05) is 13.8 Å². The minimum atomic E-state index is -0.542. The molecule has 0 aromatic rings. The molecule has 0 amide bonds. The number of rotatable bonds is 2. The Balaban J connectivity index is 2.65. The van der Waals surface area contributed by atoms with Gasteiger partial charge in [0.1, 0.15) is 5.92 Å². The molecule has 74 valence electrons. The summed E-state index contributed by atoms with van der Waals surface area (Å²) in [5.41, 5.74) is 0. The molecule has 4 heteroatoms. The summed E-state index contributed by atoms with van der Waals surface area (Å²) in [4.78, 5) is 22.9. The van der Waals surface area contributed by atoms with E-state index in [-0.39, 0.29) is 11.8 Å². The first-order chi connectivity index (χ1) is 5.99. The van der Waals surface area contributed by atoms with Gasteiger partial charge in [-0.15, -0.1) is 11.8 Å². The third-order valence-electron chi connectivity index (χ3n) is 2.09. The zero-order valence-corrected chi connectivity index (χ0v) is 8.94. The second-order valence-corrected chi connectivity index (χ2v) is 5.13. The molecule has 0 spiro atoms. The van der Waals surface area contributed by atoms with Crippen molar-refractivity contribution in [3.05, 3.63) is 0 Å². The molecule has 0 N–H and O–H groups in total. The highest BCUT2D eigenvalue weighted by atomic mass is 32.2. The van der Waals surface area contributed by atoms with Crippen LogP contribution in [0.2, 0.25) is 0 Å². The van der Waals surface area contributed by atoms with Crippen LogP contribution in [0, 0.1) is 5.92 Å². The summed E-state index contributed by atoms with van der Waals surface area (Å²) in [6, 6.07) is 0. The van der Waals surface area contributed by atoms with Gasteiger partial charge in [-0.25, -0.2) is 0 Å². The van der Waals surface area contributed by atoms with E-state index in [1.54, 1.807) is 6.92 Å². The molecule has 0 aliphatic carbocycles. The van der Waals surface area contributed by atoms with Gasteiger partial charge in [0, 0.05) is 5.75 Å². The predicted octanol–water partition coefficient (Wildman–Crippen LogP) is 1.26. The predicted molar refractivity (Wildman–Crippen MR) is 51.7 cm³/mol. The number of carbonyl (C=O) groups is 2. The highest BCUT2D eigenvalue weighted by Crippen LogP contribution is 2.38. The minimum Gasteiger partial charge on any atom is -0.465 e. The van der Waals surface area contributed by atoms with Gasteiger partial charge < -0.3 is 4.74 Å². The molecule has 1 saturated heterocycles. The number of ether oxygens (including phenoxy) is 1. The number of hydrogen-bond acceptors (Lipinski definition) is 4. The van der Waals surface area contributed by atoms with Crippen LogP contribution in [0.1, 0.15) is 20.8 Å². The van der Waals surface area contributed by atoms with Gasteiger partial charge in [0.15, 0.2) is 5.78 Å². The second-order valence-electron chi connectivity index (χ2n) is 3.49. The van der Waals surface area contributed by atoms with Crippen molar-refractivity contribution in [1.82, 2.24) is 0 Å². The summed E-state index contributed by atoms with van der Waals surface area (Å²) >= 11 is 1.52. The SMILES string of the molecule is CCOC(=O)C1CSC(C)(C)C1=O. The Morgan fingerprint density at radius 3 is 2.69 bits per heavy atom. The lowest BCUT2D eigenvalue weighted by molar-refractivity contribution is -0.150. The Morgan fingerprint density at radius 2 is 2.31 bits per heavy atom. The Bertz CT molecular complexity index is 235. The molecule has 1 rings (SSSR count). The third kappa shape index (κ3) is 2.05. The maximum absolute atomic E-state index is 11.6. The molecule has 1 unspecified atom stereocenters. The molecule has 1 fully saturated rings. The Morgan fingerprint density at radius 1 is 1.69 bits per heavy atom. The van der Waals surface area contributed by atoms with E-state index < -0.39 is 10.7 Å². The van der Waals surface area contributed by atoms with E-state index in [0.717, 1.165) is 0 Å². The maximum Gasteiger partial charge on any atom is 0.317 e. The summed E-state index contributed by atoms with van der Waals surface area (Å²) in [6.07, 6.45) is 0. The van der Waals surface area contributed by atoms with E-state index >= 15 is 0 Å². The highest BCUT2D eigenvalue weighted by Gasteiger charge is 2.45. The molecule has 0 radical (unpaired) electrons. The van der Waals surface area contributed by atoms with E-state index in [2.05, 4.69) is 0 Å². The van der Waals surface area contributed by atoms with Crippen LogP contribution < -0.4 is 0 Å². The lowest BCUT2D eigenvalue weighted by Crippen LogP contribution is -2.32. The maximum atomic E-state index is 11.6. The standard InChI is InChI=1S/C9H14O3S/c1-4-12-8(11)6-5-13-9(2,3)7(6)10/h6H,4-5H2,1-3H3. The fraction of sp³-hybridized carbons (Fsp3) is 0.778. The van der Waals surface area contributed by atoms with Gasteiger partial charge in [-0.05, 0) is 20.8 Å². The highest BCUT2D eigenvalue weighted by molar-refractivity contribution is 8.02. The molecule has 0 bridgehead atoms. The number of carbonyl (C=O) groups excluding carboxylic acids is 2. The smallest absolute Gasteiger partial charge is 0.317 e. The van der Waals surface area contributed by atoms with Crippen molar-refractivity contribution in [2.24, 2.45) is 5.92 Å². The van der Waals surface area contributed by atoms with Gasteiger partial charge in [-0.1, -0.05) is 0 Å². The lowest BCUT2D eigenvalue weighted by Gasteiger charge is -2.13. The summed E-state index contributed by atoms with van der Waals surface area (Å²) in [6.45, 7) is 5.78. The monoisotopic (exact) mass is 202 g/mol. The second kappa shape index (κ2) is 3.70. The Kier molecular flexibility index (Phi) is 3.01. The molecule has 1 aliphatic heterocycles. The zero-order chi connectivity index (χ0) is 10.1.